The average Bonchev–Trinajstić information content (AvgIpc) is 3.26. The van der Waals surface area contributed by atoms with Crippen LogP contribution in [-0.4, -0.2) is 48.1 Å². The van der Waals surface area contributed by atoms with Crippen LogP contribution in [0, 0.1) is 17.2 Å². The van der Waals surface area contributed by atoms with Gasteiger partial charge in [0.15, 0.2) is 0 Å². The number of alkyl halides is 1. The maximum Gasteiger partial charge on any atom is 0.223 e. The lowest BCUT2D eigenvalue weighted by Crippen LogP contribution is -2.46. The molecule has 2 saturated heterocycles. The quantitative estimate of drug-likeness (QED) is 0.845. The SMILES string of the molecule is N#Cc1cc2c(nc1N1CCC(N3CC(CF)CC3=O)CC1)CCC2. The van der Waals surface area contributed by atoms with Gasteiger partial charge in [0.25, 0.3) is 0 Å². The van der Waals surface area contributed by atoms with Crippen molar-refractivity contribution in [1.82, 2.24) is 9.88 Å². The lowest BCUT2D eigenvalue weighted by molar-refractivity contribution is -0.130. The van der Waals surface area contributed by atoms with Crippen molar-refractivity contribution in [2.75, 3.05) is 31.2 Å². The van der Waals surface area contributed by atoms with Crippen LogP contribution in [0.25, 0.3) is 0 Å². The molecule has 0 saturated carbocycles. The summed E-state index contributed by atoms with van der Waals surface area (Å²) in [7, 11) is 0. The number of aryl methyl sites for hydroxylation is 2. The number of piperidine rings is 1. The van der Waals surface area contributed by atoms with Crippen LogP contribution in [0.3, 0.4) is 0 Å². The van der Waals surface area contributed by atoms with E-state index in [2.05, 4.69) is 11.0 Å². The molecule has 1 unspecified atom stereocenters. The first-order valence-electron chi connectivity index (χ1n) is 9.23. The molecule has 2 fully saturated rings. The third-order valence-electron chi connectivity index (χ3n) is 5.81. The number of likely N-dealkylation sites (tertiary alicyclic amines) is 1. The molecule has 0 aromatic carbocycles. The zero-order valence-corrected chi connectivity index (χ0v) is 14.4. The van der Waals surface area contributed by atoms with E-state index in [0.29, 0.717) is 18.5 Å². The van der Waals surface area contributed by atoms with Crippen molar-refractivity contribution < 1.29 is 9.18 Å². The largest absolute Gasteiger partial charge is 0.355 e. The highest BCUT2D eigenvalue weighted by molar-refractivity contribution is 5.79. The van der Waals surface area contributed by atoms with Gasteiger partial charge in [0.1, 0.15) is 11.9 Å². The number of carbonyl (C=O) groups is 1. The van der Waals surface area contributed by atoms with E-state index in [0.717, 1.165) is 56.7 Å². The molecule has 6 heteroatoms. The van der Waals surface area contributed by atoms with Crippen LogP contribution >= 0.6 is 0 Å². The van der Waals surface area contributed by atoms with Crippen molar-refractivity contribution in [3.8, 4) is 6.07 Å². The summed E-state index contributed by atoms with van der Waals surface area (Å²) in [5, 5.41) is 9.49. The predicted octanol–water partition coefficient (Wildman–Crippen LogP) is 2.23. The van der Waals surface area contributed by atoms with Crippen LogP contribution in [0.5, 0.6) is 0 Å². The Balaban J connectivity index is 1.46. The number of amides is 1. The van der Waals surface area contributed by atoms with E-state index < -0.39 is 6.67 Å². The second-order valence-electron chi connectivity index (χ2n) is 7.42. The van der Waals surface area contributed by atoms with Crippen molar-refractivity contribution in [2.24, 2.45) is 5.92 Å². The maximum absolute atomic E-state index is 12.9. The molecule has 3 aliphatic rings. The fourth-order valence-electron chi connectivity index (χ4n) is 4.44. The number of fused-ring (bicyclic) bond motifs is 1. The smallest absolute Gasteiger partial charge is 0.223 e. The van der Waals surface area contributed by atoms with Gasteiger partial charge in [0.05, 0.1) is 12.2 Å². The van der Waals surface area contributed by atoms with Gasteiger partial charge in [-0.1, -0.05) is 0 Å². The fourth-order valence-corrected chi connectivity index (χ4v) is 4.44. The standard InChI is InChI=1S/C19H23FN4O/c20-10-13-8-18(25)24(12-13)16-4-6-23(7-5-16)19-15(11-21)9-14-2-1-3-17(14)22-19/h9,13,16H,1-8,10,12H2. The summed E-state index contributed by atoms with van der Waals surface area (Å²) in [5.41, 5.74) is 3.01. The third kappa shape index (κ3) is 2.97. The fraction of sp³-hybridized carbons (Fsp3) is 0.632. The lowest BCUT2D eigenvalue weighted by Gasteiger charge is -2.37. The van der Waals surface area contributed by atoms with E-state index in [1.165, 1.54) is 5.56 Å². The topological polar surface area (TPSA) is 60.2 Å². The van der Waals surface area contributed by atoms with Gasteiger partial charge in [0, 0.05) is 43.7 Å². The van der Waals surface area contributed by atoms with E-state index >= 15 is 0 Å². The van der Waals surface area contributed by atoms with Crippen LogP contribution in [0.15, 0.2) is 6.07 Å². The van der Waals surface area contributed by atoms with Gasteiger partial charge in [-0.2, -0.15) is 5.26 Å². The van der Waals surface area contributed by atoms with E-state index in [9.17, 15) is 14.4 Å². The highest BCUT2D eigenvalue weighted by atomic mass is 19.1. The van der Waals surface area contributed by atoms with E-state index in [-0.39, 0.29) is 17.9 Å². The van der Waals surface area contributed by atoms with Gasteiger partial charge >= 0.3 is 0 Å². The van der Waals surface area contributed by atoms with Crippen molar-refractivity contribution in [1.29, 1.82) is 5.26 Å². The minimum absolute atomic E-state index is 0.0921. The lowest BCUT2D eigenvalue weighted by atomic mass is 10.0. The molecular weight excluding hydrogens is 319 g/mol. The second-order valence-corrected chi connectivity index (χ2v) is 7.42. The Labute approximate surface area is 147 Å². The number of nitrogens with zero attached hydrogens (tertiary/aromatic N) is 4. The Morgan fingerprint density at radius 3 is 2.80 bits per heavy atom. The van der Waals surface area contributed by atoms with Gasteiger partial charge in [0.2, 0.25) is 5.91 Å². The average molecular weight is 342 g/mol. The Bertz CT molecular complexity index is 721. The van der Waals surface area contributed by atoms with Gasteiger partial charge in [-0.05, 0) is 43.7 Å². The number of halogens is 1. The highest BCUT2D eigenvalue weighted by Crippen LogP contribution is 2.31. The molecule has 0 spiro atoms. The number of hydrogen-bond donors (Lipinski definition) is 0. The molecule has 1 aromatic heterocycles. The van der Waals surface area contributed by atoms with Crippen LogP contribution in [0.4, 0.5) is 10.2 Å². The molecule has 3 heterocycles. The molecule has 1 amide bonds. The van der Waals surface area contributed by atoms with Crippen LogP contribution < -0.4 is 4.90 Å². The van der Waals surface area contributed by atoms with Crippen molar-refractivity contribution in [3.05, 3.63) is 22.9 Å². The summed E-state index contributed by atoms with van der Waals surface area (Å²) < 4.78 is 12.9. The van der Waals surface area contributed by atoms with Crippen LogP contribution in [-0.2, 0) is 17.6 Å². The number of pyridine rings is 1. The van der Waals surface area contributed by atoms with Gasteiger partial charge in [-0.15, -0.1) is 0 Å². The maximum atomic E-state index is 12.9. The number of nitriles is 1. The molecule has 2 aliphatic heterocycles. The Hall–Kier alpha value is -2.16. The first-order chi connectivity index (χ1) is 12.2. The summed E-state index contributed by atoms with van der Waals surface area (Å²) >= 11 is 0. The summed E-state index contributed by atoms with van der Waals surface area (Å²) in [6, 6.07) is 4.50. The molecule has 1 aromatic rings. The molecule has 0 bridgehead atoms. The van der Waals surface area contributed by atoms with Gasteiger partial charge in [-0.3, -0.25) is 9.18 Å². The predicted molar refractivity (Wildman–Crippen MR) is 92.0 cm³/mol. The Morgan fingerprint density at radius 1 is 1.32 bits per heavy atom. The number of rotatable bonds is 3. The van der Waals surface area contributed by atoms with Crippen molar-refractivity contribution in [3.63, 3.8) is 0 Å². The summed E-state index contributed by atoms with van der Waals surface area (Å²) in [6.45, 7) is 1.72. The van der Waals surface area contributed by atoms with E-state index in [1.54, 1.807) is 0 Å². The monoisotopic (exact) mass is 342 g/mol. The molecule has 25 heavy (non-hydrogen) atoms. The Kier molecular flexibility index (Phi) is 4.32. The highest BCUT2D eigenvalue weighted by Gasteiger charge is 2.36. The first kappa shape index (κ1) is 16.3. The molecule has 0 radical (unpaired) electrons. The zero-order chi connectivity index (χ0) is 17.4. The summed E-state index contributed by atoms with van der Waals surface area (Å²) in [5.74, 6) is 0.763. The molecule has 132 valence electrons. The van der Waals surface area contributed by atoms with E-state index in [4.69, 9.17) is 4.98 Å². The zero-order valence-electron chi connectivity index (χ0n) is 14.4. The summed E-state index contributed by atoms with van der Waals surface area (Å²) in [4.78, 5) is 21.0. The number of carbonyl (C=O) groups excluding carboxylic acids is 1. The molecule has 1 aliphatic carbocycles. The van der Waals surface area contributed by atoms with Gasteiger partial charge < -0.3 is 9.80 Å². The molecular formula is C19H23FN4O. The summed E-state index contributed by atoms with van der Waals surface area (Å²) in [6.07, 6.45) is 5.19. The molecule has 4 rings (SSSR count). The number of aromatic nitrogens is 1. The second kappa shape index (κ2) is 6.62. The number of anilines is 1. The minimum Gasteiger partial charge on any atom is -0.355 e. The third-order valence-corrected chi connectivity index (χ3v) is 5.81. The minimum atomic E-state index is -0.411. The Morgan fingerprint density at radius 2 is 2.12 bits per heavy atom. The van der Waals surface area contributed by atoms with E-state index in [1.807, 2.05) is 11.0 Å². The molecule has 0 N–H and O–H groups in total. The van der Waals surface area contributed by atoms with Crippen LogP contribution in [0.2, 0.25) is 0 Å². The van der Waals surface area contributed by atoms with Gasteiger partial charge in [-0.25, -0.2) is 4.98 Å². The molecule has 5 nitrogen and oxygen atoms in total. The number of hydrogen-bond acceptors (Lipinski definition) is 4. The van der Waals surface area contributed by atoms with Crippen molar-refractivity contribution >= 4 is 11.7 Å². The first-order valence-corrected chi connectivity index (χ1v) is 9.23. The molecule has 1 atom stereocenters. The van der Waals surface area contributed by atoms with Crippen molar-refractivity contribution in [2.45, 2.75) is 44.6 Å². The normalized spacial score (nSPS) is 23.8. The van der Waals surface area contributed by atoms with Crippen LogP contribution in [0.1, 0.15) is 42.5 Å².